The van der Waals surface area contributed by atoms with Crippen LogP contribution in [-0.4, -0.2) is 43.8 Å². The van der Waals surface area contributed by atoms with E-state index in [1.807, 2.05) is 18.7 Å². The Bertz CT molecular complexity index is 868. The van der Waals surface area contributed by atoms with Gasteiger partial charge in [0.2, 0.25) is 11.9 Å². The van der Waals surface area contributed by atoms with E-state index in [0.29, 0.717) is 18.9 Å². The van der Waals surface area contributed by atoms with E-state index in [2.05, 4.69) is 19.9 Å². The second-order valence-corrected chi connectivity index (χ2v) is 6.84. The number of nitrogens with two attached hydrogens (primary N) is 1. The predicted octanol–water partition coefficient (Wildman–Crippen LogP) is 1.02. The van der Waals surface area contributed by atoms with Gasteiger partial charge in [-0.2, -0.15) is 0 Å². The van der Waals surface area contributed by atoms with Crippen molar-refractivity contribution in [3.63, 3.8) is 0 Å². The number of nitrogens with one attached hydrogen (secondary N) is 1. The number of aromatic amines is 1. The Balaban J connectivity index is 1.75. The minimum atomic E-state index is -0.152. The van der Waals surface area contributed by atoms with Gasteiger partial charge in [0.05, 0.1) is 12.1 Å². The summed E-state index contributed by atoms with van der Waals surface area (Å²) in [4.78, 5) is 41.8. The van der Waals surface area contributed by atoms with Crippen molar-refractivity contribution < 1.29 is 4.79 Å². The fourth-order valence-electron chi connectivity index (χ4n) is 3.54. The highest BCUT2D eigenvalue weighted by molar-refractivity contribution is 5.79. The van der Waals surface area contributed by atoms with E-state index in [4.69, 9.17) is 5.73 Å². The van der Waals surface area contributed by atoms with Gasteiger partial charge in [0.1, 0.15) is 5.82 Å². The minimum absolute atomic E-state index is 0.0378. The number of aromatic nitrogens is 4. The first kappa shape index (κ1) is 18.0. The highest BCUT2D eigenvalue weighted by Crippen LogP contribution is 2.25. The van der Waals surface area contributed by atoms with Crippen LogP contribution in [-0.2, 0) is 11.2 Å². The fourth-order valence-corrected chi connectivity index (χ4v) is 3.54. The predicted molar refractivity (Wildman–Crippen MR) is 97.8 cm³/mol. The molecule has 26 heavy (non-hydrogen) atoms. The molecule has 1 unspecified atom stereocenters. The summed E-state index contributed by atoms with van der Waals surface area (Å²) in [6, 6.07) is 1.54. The van der Waals surface area contributed by atoms with Crippen molar-refractivity contribution in [1.29, 1.82) is 0 Å². The first-order valence-corrected chi connectivity index (χ1v) is 8.78. The summed E-state index contributed by atoms with van der Waals surface area (Å²) in [6.07, 6.45) is 2.06. The molecule has 3 rings (SSSR count). The molecular formula is C18H24N6O2. The van der Waals surface area contributed by atoms with Crippen LogP contribution < -0.4 is 11.3 Å². The number of nitrogen functional groups attached to an aromatic ring is 1. The molecule has 0 spiro atoms. The maximum atomic E-state index is 12.8. The average Bonchev–Trinajstić information content (AvgIpc) is 2.57. The molecule has 0 saturated carbocycles. The molecule has 2 aromatic rings. The molecule has 1 fully saturated rings. The Morgan fingerprint density at radius 2 is 1.96 bits per heavy atom. The van der Waals surface area contributed by atoms with Crippen LogP contribution in [0.3, 0.4) is 0 Å². The number of carbonyl (C=O) groups excluding carboxylic acids is 1. The average molecular weight is 356 g/mol. The van der Waals surface area contributed by atoms with Crippen molar-refractivity contribution in [2.45, 2.75) is 46.0 Å². The minimum Gasteiger partial charge on any atom is -0.368 e. The number of likely N-dealkylation sites (tertiary alicyclic amines) is 1. The lowest BCUT2D eigenvalue weighted by Gasteiger charge is -2.32. The first-order chi connectivity index (χ1) is 12.3. The largest absolute Gasteiger partial charge is 0.368 e. The van der Waals surface area contributed by atoms with Gasteiger partial charge in [0.15, 0.2) is 0 Å². The van der Waals surface area contributed by atoms with Crippen LogP contribution in [0.15, 0.2) is 10.9 Å². The maximum Gasteiger partial charge on any atom is 0.251 e. The molecule has 0 aliphatic carbocycles. The molecule has 3 N–H and O–H groups in total. The molecule has 3 heterocycles. The Labute approximate surface area is 151 Å². The molecule has 1 atom stereocenters. The number of piperidine rings is 1. The van der Waals surface area contributed by atoms with Crippen molar-refractivity contribution in [3.8, 4) is 0 Å². The van der Waals surface area contributed by atoms with Gasteiger partial charge in [0.25, 0.3) is 5.56 Å². The number of aryl methyl sites for hydroxylation is 3. The zero-order chi connectivity index (χ0) is 18.8. The quantitative estimate of drug-likeness (QED) is 0.847. The van der Waals surface area contributed by atoms with Gasteiger partial charge >= 0.3 is 0 Å². The van der Waals surface area contributed by atoms with E-state index in [1.54, 1.807) is 6.92 Å². The second-order valence-electron chi connectivity index (χ2n) is 6.84. The summed E-state index contributed by atoms with van der Waals surface area (Å²) in [5, 5.41) is 0. The molecule has 0 aromatic carbocycles. The SMILES string of the molecule is Cc1nc(C2CCCN(C(=O)Cc3c(C)nc(N)nc3C)C2)cc(=O)[nH]1. The number of rotatable bonds is 3. The van der Waals surface area contributed by atoms with Crippen LogP contribution in [0, 0.1) is 20.8 Å². The zero-order valence-electron chi connectivity index (χ0n) is 15.4. The molecule has 8 nitrogen and oxygen atoms in total. The van der Waals surface area contributed by atoms with E-state index >= 15 is 0 Å². The van der Waals surface area contributed by atoms with Crippen LogP contribution in [0.4, 0.5) is 5.95 Å². The Kier molecular flexibility index (Phi) is 5.01. The summed E-state index contributed by atoms with van der Waals surface area (Å²) in [5.74, 6) is 0.945. The standard InChI is InChI=1S/C18H24N6O2/c1-10-14(11(2)21-18(19)20-10)7-17(26)24-6-4-5-13(9-24)15-8-16(25)23-12(3)22-15/h8,13H,4-7,9H2,1-3H3,(H2,19,20,21)(H,22,23,25). The molecule has 138 valence electrons. The summed E-state index contributed by atoms with van der Waals surface area (Å²) < 4.78 is 0. The number of H-pyrrole nitrogens is 1. The molecule has 1 amide bonds. The van der Waals surface area contributed by atoms with Gasteiger partial charge in [-0.15, -0.1) is 0 Å². The monoisotopic (exact) mass is 356 g/mol. The van der Waals surface area contributed by atoms with E-state index in [-0.39, 0.29) is 29.8 Å². The highest BCUT2D eigenvalue weighted by Gasteiger charge is 2.27. The topological polar surface area (TPSA) is 118 Å². The Morgan fingerprint density at radius 1 is 1.27 bits per heavy atom. The molecule has 0 radical (unpaired) electrons. The van der Waals surface area contributed by atoms with E-state index in [9.17, 15) is 9.59 Å². The van der Waals surface area contributed by atoms with E-state index < -0.39 is 0 Å². The number of nitrogens with zero attached hydrogens (tertiary/aromatic N) is 4. The van der Waals surface area contributed by atoms with E-state index in [1.165, 1.54) is 6.07 Å². The van der Waals surface area contributed by atoms with Crippen molar-refractivity contribution in [2.75, 3.05) is 18.8 Å². The first-order valence-electron chi connectivity index (χ1n) is 8.78. The Morgan fingerprint density at radius 3 is 2.62 bits per heavy atom. The summed E-state index contributed by atoms with van der Waals surface area (Å²) in [7, 11) is 0. The second kappa shape index (κ2) is 7.23. The number of hydrogen-bond donors (Lipinski definition) is 2. The van der Waals surface area contributed by atoms with Gasteiger partial charge in [-0.1, -0.05) is 0 Å². The van der Waals surface area contributed by atoms with Crippen LogP contribution in [0.5, 0.6) is 0 Å². The summed E-state index contributed by atoms with van der Waals surface area (Å²) in [6.45, 7) is 6.74. The van der Waals surface area contributed by atoms with Crippen LogP contribution in [0.2, 0.25) is 0 Å². The normalized spacial score (nSPS) is 17.3. The molecule has 8 heteroatoms. The molecule has 2 aromatic heterocycles. The lowest BCUT2D eigenvalue weighted by Crippen LogP contribution is -2.40. The van der Waals surface area contributed by atoms with Gasteiger partial charge in [-0.25, -0.2) is 15.0 Å². The van der Waals surface area contributed by atoms with Crippen LogP contribution in [0.25, 0.3) is 0 Å². The third kappa shape index (κ3) is 3.89. The van der Waals surface area contributed by atoms with Crippen molar-refractivity contribution in [3.05, 3.63) is 44.9 Å². The molecule has 1 aliphatic heterocycles. The van der Waals surface area contributed by atoms with Gasteiger partial charge in [-0.05, 0) is 33.6 Å². The highest BCUT2D eigenvalue weighted by atomic mass is 16.2. The number of amides is 1. The summed E-state index contributed by atoms with van der Waals surface area (Å²) >= 11 is 0. The molecule has 1 aliphatic rings. The smallest absolute Gasteiger partial charge is 0.251 e. The zero-order valence-corrected chi connectivity index (χ0v) is 15.4. The van der Waals surface area contributed by atoms with Gasteiger partial charge in [0, 0.05) is 42.0 Å². The van der Waals surface area contributed by atoms with Crippen molar-refractivity contribution in [2.24, 2.45) is 0 Å². The molecular weight excluding hydrogens is 332 g/mol. The third-order valence-corrected chi connectivity index (χ3v) is 4.84. The number of carbonyl (C=O) groups is 1. The molecule has 1 saturated heterocycles. The Hall–Kier alpha value is -2.77. The third-order valence-electron chi connectivity index (χ3n) is 4.84. The van der Waals surface area contributed by atoms with Gasteiger partial charge < -0.3 is 15.6 Å². The fraction of sp³-hybridized carbons (Fsp3) is 0.500. The summed E-state index contributed by atoms with van der Waals surface area (Å²) in [5.41, 5.74) is 8.57. The number of hydrogen-bond acceptors (Lipinski definition) is 6. The van der Waals surface area contributed by atoms with Gasteiger partial charge in [-0.3, -0.25) is 9.59 Å². The van der Waals surface area contributed by atoms with Crippen LogP contribution >= 0.6 is 0 Å². The molecule has 0 bridgehead atoms. The van der Waals surface area contributed by atoms with Crippen molar-refractivity contribution >= 4 is 11.9 Å². The lowest BCUT2D eigenvalue weighted by atomic mass is 9.94. The maximum absolute atomic E-state index is 12.8. The van der Waals surface area contributed by atoms with Crippen molar-refractivity contribution in [1.82, 2.24) is 24.8 Å². The van der Waals surface area contributed by atoms with E-state index in [0.717, 1.165) is 35.5 Å². The van der Waals surface area contributed by atoms with Crippen LogP contribution in [0.1, 0.15) is 47.2 Å². The lowest BCUT2D eigenvalue weighted by molar-refractivity contribution is -0.131. The number of anilines is 1.